The highest BCUT2D eigenvalue weighted by Gasteiger charge is 2.41. The molecule has 0 aliphatic carbocycles. The van der Waals surface area contributed by atoms with Crippen LogP contribution in [0.15, 0.2) is 60.0 Å². The predicted octanol–water partition coefficient (Wildman–Crippen LogP) is 3.53. The molecular formula is C29H33N7O3. The van der Waals surface area contributed by atoms with Crippen molar-refractivity contribution in [3.05, 3.63) is 76.9 Å². The first-order valence-electron chi connectivity index (χ1n) is 13.2. The van der Waals surface area contributed by atoms with E-state index in [0.29, 0.717) is 28.5 Å². The van der Waals surface area contributed by atoms with Gasteiger partial charge in [0.2, 0.25) is 5.95 Å². The van der Waals surface area contributed by atoms with Crippen LogP contribution in [0.1, 0.15) is 37.9 Å². The molecule has 0 unspecified atom stereocenters. The van der Waals surface area contributed by atoms with Gasteiger partial charge in [0, 0.05) is 50.3 Å². The van der Waals surface area contributed by atoms with Crippen LogP contribution in [0, 0.1) is 0 Å². The van der Waals surface area contributed by atoms with Crippen LogP contribution >= 0.6 is 0 Å². The minimum absolute atomic E-state index is 0.113. The monoisotopic (exact) mass is 527 g/mol. The minimum atomic E-state index is -1.15. The van der Waals surface area contributed by atoms with E-state index in [0.717, 1.165) is 43.8 Å². The van der Waals surface area contributed by atoms with Gasteiger partial charge in [-0.2, -0.15) is 4.98 Å². The van der Waals surface area contributed by atoms with Crippen molar-refractivity contribution in [2.45, 2.75) is 50.9 Å². The zero-order chi connectivity index (χ0) is 27.4. The van der Waals surface area contributed by atoms with Gasteiger partial charge in [0.25, 0.3) is 5.56 Å². The van der Waals surface area contributed by atoms with E-state index in [4.69, 9.17) is 9.72 Å². The Bertz CT molecular complexity index is 1620. The van der Waals surface area contributed by atoms with Gasteiger partial charge in [0.15, 0.2) is 11.5 Å². The number of hydrogen-bond donors (Lipinski definition) is 2. The molecule has 2 aliphatic rings. The molecule has 39 heavy (non-hydrogen) atoms. The highest BCUT2D eigenvalue weighted by atomic mass is 16.5. The number of aromatic nitrogens is 5. The maximum absolute atomic E-state index is 13.3. The summed E-state index contributed by atoms with van der Waals surface area (Å²) in [4.78, 5) is 29.4. The molecule has 5 heterocycles. The summed E-state index contributed by atoms with van der Waals surface area (Å²) < 4.78 is 9.66. The lowest BCUT2D eigenvalue weighted by Gasteiger charge is -2.37. The number of fused-ring (bicyclic) bond motifs is 2. The number of pyridine rings is 1. The summed E-state index contributed by atoms with van der Waals surface area (Å²) in [6.45, 7) is 9.47. The van der Waals surface area contributed by atoms with Gasteiger partial charge in [-0.05, 0) is 44.7 Å². The van der Waals surface area contributed by atoms with Crippen LogP contribution in [-0.2, 0) is 18.6 Å². The van der Waals surface area contributed by atoms with Crippen LogP contribution in [-0.4, -0.2) is 60.1 Å². The lowest BCUT2D eigenvalue weighted by atomic mass is 9.87. The maximum atomic E-state index is 13.3. The molecule has 10 heteroatoms. The number of anilines is 2. The molecule has 2 aliphatic heterocycles. The van der Waals surface area contributed by atoms with Crippen LogP contribution in [0.5, 0.6) is 5.75 Å². The summed E-state index contributed by atoms with van der Waals surface area (Å²) in [6, 6.07) is 11.4. The van der Waals surface area contributed by atoms with Gasteiger partial charge in [0.05, 0.1) is 12.2 Å². The van der Waals surface area contributed by atoms with Crippen LogP contribution < -0.4 is 15.6 Å². The number of hydrogen-bond acceptors (Lipinski definition) is 8. The Labute approximate surface area is 226 Å². The number of piperidine rings is 1. The second kappa shape index (κ2) is 9.32. The van der Waals surface area contributed by atoms with E-state index in [1.807, 2.05) is 12.1 Å². The molecule has 0 radical (unpaired) electrons. The second-order valence-electron chi connectivity index (χ2n) is 11.1. The molecule has 0 amide bonds. The van der Waals surface area contributed by atoms with Crippen LogP contribution in [0.25, 0.3) is 16.9 Å². The number of allylic oxidation sites excluding steroid dienone is 1. The quantitative estimate of drug-likeness (QED) is 0.367. The number of rotatable bonds is 6. The van der Waals surface area contributed by atoms with Gasteiger partial charge in [-0.1, -0.05) is 18.2 Å². The van der Waals surface area contributed by atoms with Crippen molar-refractivity contribution in [3.8, 4) is 11.6 Å². The van der Waals surface area contributed by atoms with E-state index in [2.05, 4.69) is 39.9 Å². The summed E-state index contributed by atoms with van der Waals surface area (Å²) in [6.07, 6.45) is 6.13. The Morgan fingerprint density at radius 2 is 2.00 bits per heavy atom. The number of benzene rings is 1. The molecule has 1 spiro atoms. The Hall–Kier alpha value is -4.02. The van der Waals surface area contributed by atoms with Gasteiger partial charge in [-0.3, -0.25) is 4.79 Å². The lowest BCUT2D eigenvalue weighted by Crippen LogP contribution is -2.45. The van der Waals surface area contributed by atoms with Crippen molar-refractivity contribution in [2.24, 2.45) is 0 Å². The summed E-state index contributed by atoms with van der Waals surface area (Å²) in [5.74, 6) is 1.70. The Morgan fingerprint density at radius 3 is 2.74 bits per heavy atom. The smallest absolute Gasteiger partial charge is 0.278 e. The fraction of sp³-hybridized carbons (Fsp3) is 0.379. The van der Waals surface area contributed by atoms with Gasteiger partial charge >= 0.3 is 0 Å². The largest absolute Gasteiger partial charge is 0.486 e. The third kappa shape index (κ3) is 4.59. The van der Waals surface area contributed by atoms with Crippen LogP contribution in [0.3, 0.4) is 0 Å². The van der Waals surface area contributed by atoms with E-state index in [1.165, 1.54) is 16.4 Å². The first-order chi connectivity index (χ1) is 18.7. The molecule has 1 saturated heterocycles. The zero-order valence-electron chi connectivity index (χ0n) is 22.5. The topological polar surface area (TPSA) is 110 Å². The van der Waals surface area contributed by atoms with Crippen LogP contribution in [0.2, 0.25) is 0 Å². The third-order valence-electron chi connectivity index (χ3n) is 7.62. The van der Waals surface area contributed by atoms with E-state index in [1.54, 1.807) is 42.8 Å². The standard InChI is InChI=1S/C29H33N7O3/c1-5-13-35-26(37)21-18-30-27(33-25(21)36(35)24-8-6-7-23(32-24)28(2,3)38)31-20-10-9-19-17-29(39-22(19)16-20)11-14-34(4)15-12-29/h5-10,16,18,38H,1,11-15,17H2,2-4H3,(H,30,31,33). The average molecular weight is 528 g/mol. The highest BCUT2D eigenvalue weighted by molar-refractivity contribution is 5.77. The van der Waals surface area contributed by atoms with E-state index in [-0.39, 0.29) is 17.7 Å². The van der Waals surface area contributed by atoms with Gasteiger partial charge in [0.1, 0.15) is 22.3 Å². The Kier molecular flexibility index (Phi) is 6.04. The van der Waals surface area contributed by atoms with Crippen molar-refractivity contribution in [1.29, 1.82) is 0 Å². The zero-order valence-corrected chi connectivity index (χ0v) is 22.5. The molecule has 4 aromatic rings. The molecule has 6 rings (SSSR count). The predicted molar refractivity (Wildman–Crippen MR) is 150 cm³/mol. The van der Waals surface area contributed by atoms with Gasteiger partial charge < -0.3 is 20.1 Å². The molecule has 202 valence electrons. The van der Waals surface area contributed by atoms with E-state index >= 15 is 0 Å². The molecule has 3 aromatic heterocycles. The molecule has 0 atom stereocenters. The fourth-order valence-electron chi connectivity index (χ4n) is 5.41. The Morgan fingerprint density at radius 1 is 1.21 bits per heavy atom. The number of nitrogens with one attached hydrogen (secondary N) is 1. The third-order valence-corrected chi connectivity index (χ3v) is 7.62. The first kappa shape index (κ1) is 25.3. The van der Waals surface area contributed by atoms with Crippen molar-refractivity contribution >= 4 is 22.7 Å². The maximum Gasteiger partial charge on any atom is 0.278 e. The molecule has 1 fully saturated rings. The van der Waals surface area contributed by atoms with E-state index in [9.17, 15) is 9.90 Å². The second-order valence-corrected chi connectivity index (χ2v) is 11.1. The first-order valence-corrected chi connectivity index (χ1v) is 13.2. The van der Waals surface area contributed by atoms with Gasteiger partial charge in [-0.15, -0.1) is 6.58 Å². The van der Waals surface area contributed by atoms with Crippen molar-refractivity contribution in [1.82, 2.24) is 29.2 Å². The lowest BCUT2D eigenvalue weighted by molar-refractivity contribution is 0.0271. The Balaban J connectivity index is 1.36. The van der Waals surface area contributed by atoms with Crippen molar-refractivity contribution < 1.29 is 9.84 Å². The fourth-order valence-corrected chi connectivity index (χ4v) is 5.41. The number of aliphatic hydroxyl groups is 1. The van der Waals surface area contributed by atoms with Crippen molar-refractivity contribution in [2.75, 3.05) is 25.5 Å². The number of nitrogens with zero attached hydrogens (tertiary/aromatic N) is 6. The summed E-state index contributed by atoms with van der Waals surface area (Å²) in [7, 11) is 2.15. The molecule has 0 saturated carbocycles. The van der Waals surface area contributed by atoms with Gasteiger partial charge in [-0.25, -0.2) is 19.3 Å². The summed E-state index contributed by atoms with van der Waals surface area (Å²) in [5, 5.41) is 14.2. The van der Waals surface area contributed by atoms with Crippen molar-refractivity contribution in [3.63, 3.8) is 0 Å². The number of ether oxygens (including phenoxy) is 1. The molecule has 0 bridgehead atoms. The average Bonchev–Trinajstić information content (AvgIpc) is 3.40. The summed E-state index contributed by atoms with van der Waals surface area (Å²) in [5.41, 5.74) is 1.40. The summed E-state index contributed by atoms with van der Waals surface area (Å²) >= 11 is 0. The number of likely N-dealkylation sites (tertiary alicyclic amines) is 1. The SMILES string of the molecule is C=CCn1c(=O)c2cnc(Nc3ccc4c(c3)OC3(CCN(C)CC3)C4)nc2n1-c1cccc(C(C)(C)O)n1. The minimum Gasteiger partial charge on any atom is -0.486 e. The van der Waals surface area contributed by atoms with E-state index < -0.39 is 5.60 Å². The molecule has 10 nitrogen and oxygen atoms in total. The van der Waals surface area contributed by atoms with Crippen LogP contribution in [0.4, 0.5) is 11.6 Å². The molecule has 1 aromatic carbocycles. The normalized spacial score (nSPS) is 16.8. The highest BCUT2D eigenvalue weighted by Crippen LogP contribution is 2.42. The molecule has 2 N–H and O–H groups in total. The molecular weight excluding hydrogens is 494 g/mol.